The van der Waals surface area contributed by atoms with Crippen LogP contribution in [0.1, 0.15) is 0 Å². The van der Waals surface area contributed by atoms with Crippen LogP contribution in [0.5, 0.6) is 5.75 Å². The summed E-state index contributed by atoms with van der Waals surface area (Å²) in [4.78, 5) is 13.9. The number of nitrogens with zero attached hydrogens (tertiary/aromatic N) is 4. The second kappa shape index (κ2) is 6.89. The molecule has 2 heterocycles. The maximum atomic E-state index is 5.91. The number of ether oxygens (including phenoxy) is 1. The largest absolute Gasteiger partial charge is 0.497 e. The third-order valence-electron chi connectivity index (χ3n) is 3.22. The van der Waals surface area contributed by atoms with Crippen molar-refractivity contribution < 1.29 is 4.74 Å². The van der Waals surface area contributed by atoms with Crippen LogP contribution in [0.2, 0.25) is 0 Å². The van der Waals surface area contributed by atoms with E-state index in [1.165, 1.54) is 18.1 Å². The number of hydrogen-bond acceptors (Lipinski definition) is 7. The van der Waals surface area contributed by atoms with Crippen molar-refractivity contribution in [2.45, 2.75) is 16.6 Å². The lowest BCUT2D eigenvalue weighted by molar-refractivity contribution is 0.413. The zero-order valence-electron chi connectivity index (χ0n) is 12.4. The first-order valence-electron chi connectivity index (χ1n) is 6.82. The quantitative estimate of drug-likeness (QED) is 0.584. The molecule has 0 fully saturated rings. The molecule has 4 N–H and O–H groups in total. The Bertz CT molecular complexity index is 853. The first-order valence-corrected chi connectivity index (χ1v) is 8.71. The minimum atomic E-state index is 0.368. The molecule has 3 rings (SSSR count). The predicted molar refractivity (Wildman–Crippen MR) is 98.6 cm³/mol. The molecular weight excluding hydrogens is 427 g/mol. The SMILES string of the molecule is COc1ccc(I)c(Sc2nc3c(N)ncnc3n2CCN)c1. The Balaban J connectivity index is 2.09. The van der Waals surface area contributed by atoms with Crippen LogP contribution in [0.25, 0.3) is 11.2 Å². The van der Waals surface area contributed by atoms with Crippen LogP contribution >= 0.6 is 34.4 Å². The number of nitrogens with two attached hydrogens (primary N) is 2. The lowest BCUT2D eigenvalue weighted by Crippen LogP contribution is -2.11. The van der Waals surface area contributed by atoms with Gasteiger partial charge < -0.3 is 20.8 Å². The molecule has 0 radical (unpaired) electrons. The molecule has 0 spiro atoms. The Labute approximate surface area is 151 Å². The van der Waals surface area contributed by atoms with E-state index in [-0.39, 0.29) is 0 Å². The highest BCUT2D eigenvalue weighted by Crippen LogP contribution is 2.35. The number of fused-ring (bicyclic) bond motifs is 1. The van der Waals surface area contributed by atoms with E-state index < -0.39 is 0 Å². The molecule has 0 bridgehead atoms. The number of anilines is 1. The fourth-order valence-corrected chi connectivity index (χ4v) is 3.76. The zero-order chi connectivity index (χ0) is 16.4. The average molecular weight is 442 g/mol. The Hall–Kier alpha value is -1.59. The normalized spacial score (nSPS) is 11.1. The summed E-state index contributed by atoms with van der Waals surface area (Å²) in [5.41, 5.74) is 12.9. The van der Waals surface area contributed by atoms with E-state index in [0.29, 0.717) is 30.1 Å². The van der Waals surface area contributed by atoms with E-state index in [1.807, 2.05) is 22.8 Å². The third kappa shape index (κ3) is 3.21. The van der Waals surface area contributed by atoms with Gasteiger partial charge in [0.2, 0.25) is 0 Å². The van der Waals surface area contributed by atoms with Crippen molar-refractivity contribution in [2.75, 3.05) is 19.4 Å². The van der Waals surface area contributed by atoms with Gasteiger partial charge in [-0.25, -0.2) is 15.0 Å². The fraction of sp³-hybridized carbons (Fsp3) is 0.214. The summed E-state index contributed by atoms with van der Waals surface area (Å²) in [6.45, 7) is 1.09. The van der Waals surface area contributed by atoms with Crippen LogP contribution in [-0.2, 0) is 6.54 Å². The molecule has 0 amide bonds. The maximum Gasteiger partial charge on any atom is 0.175 e. The van der Waals surface area contributed by atoms with Gasteiger partial charge in [0, 0.05) is 21.6 Å². The lowest BCUT2D eigenvalue weighted by Gasteiger charge is -2.09. The van der Waals surface area contributed by atoms with Crippen molar-refractivity contribution in [2.24, 2.45) is 5.73 Å². The Kier molecular flexibility index (Phi) is 4.87. The summed E-state index contributed by atoms with van der Waals surface area (Å²) in [5.74, 6) is 1.17. The number of methoxy groups -OCH3 is 1. The Morgan fingerprint density at radius 1 is 1.35 bits per heavy atom. The van der Waals surface area contributed by atoms with Gasteiger partial charge in [0.1, 0.15) is 12.1 Å². The number of rotatable bonds is 5. The molecule has 0 saturated heterocycles. The number of halogens is 1. The summed E-state index contributed by atoms with van der Waals surface area (Å²) in [6, 6.07) is 5.91. The van der Waals surface area contributed by atoms with E-state index in [4.69, 9.17) is 16.2 Å². The van der Waals surface area contributed by atoms with Gasteiger partial charge in [-0.3, -0.25) is 0 Å². The molecule has 23 heavy (non-hydrogen) atoms. The second-order valence-electron chi connectivity index (χ2n) is 4.66. The molecule has 7 nitrogen and oxygen atoms in total. The maximum absolute atomic E-state index is 5.91. The zero-order valence-corrected chi connectivity index (χ0v) is 15.3. The summed E-state index contributed by atoms with van der Waals surface area (Å²) in [7, 11) is 1.65. The van der Waals surface area contributed by atoms with E-state index in [0.717, 1.165) is 19.4 Å². The average Bonchev–Trinajstić information content (AvgIpc) is 2.89. The number of nitrogen functional groups attached to an aromatic ring is 1. The molecule has 120 valence electrons. The number of imidazole rings is 1. The topological polar surface area (TPSA) is 105 Å². The molecule has 2 aromatic heterocycles. The van der Waals surface area contributed by atoms with E-state index in [9.17, 15) is 0 Å². The first kappa shape index (κ1) is 16.3. The van der Waals surface area contributed by atoms with E-state index in [1.54, 1.807) is 7.11 Å². The summed E-state index contributed by atoms with van der Waals surface area (Å²) in [5, 5.41) is 0.781. The van der Waals surface area contributed by atoms with Crippen molar-refractivity contribution >= 4 is 51.3 Å². The molecule has 0 unspecified atom stereocenters. The number of benzene rings is 1. The van der Waals surface area contributed by atoms with Gasteiger partial charge in [-0.1, -0.05) is 11.8 Å². The van der Waals surface area contributed by atoms with Crippen LogP contribution in [0.3, 0.4) is 0 Å². The van der Waals surface area contributed by atoms with Gasteiger partial charge in [0.05, 0.1) is 7.11 Å². The van der Waals surface area contributed by atoms with Crippen LogP contribution in [0.4, 0.5) is 5.82 Å². The molecule has 3 aromatic rings. The molecule has 0 saturated carbocycles. The minimum absolute atomic E-state index is 0.368. The van der Waals surface area contributed by atoms with Gasteiger partial charge in [-0.05, 0) is 40.8 Å². The van der Waals surface area contributed by atoms with Crippen LogP contribution in [-0.4, -0.2) is 33.2 Å². The predicted octanol–water partition coefficient (Wildman–Crippen LogP) is 2.13. The van der Waals surface area contributed by atoms with Crippen LogP contribution in [0.15, 0.2) is 34.6 Å². The Morgan fingerprint density at radius 3 is 2.91 bits per heavy atom. The molecule has 1 aromatic carbocycles. The first-order chi connectivity index (χ1) is 11.1. The molecule has 0 aliphatic heterocycles. The van der Waals surface area contributed by atoms with Gasteiger partial charge in [0.25, 0.3) is 0 Å². The second-order valence-corrected chi connectivity index (χ2v) is 6.84. The molecule has 0 atom stereocenters. The smallest absolute Gasteiger partial charge is 0.175 e. The van der Waals surface area contributed by atoms with Crippen molar-refractivity contribution in [3.8, 4) is 5.75 Å². The number of hydrogen-bond donors (Lipinski definition) is 2. The van der Waals surface area contributed by atoms with E-state index >= 15 is 0 Å². The van der Waals surface area contributed by atoms with Gasteiger partial charge in [-0.15, -0.1) is 0 Å². The molecule has 0 aliphatic carbocycles. The summed E-state index contributed by atoms with van der Waals surface area (Å²) in [6.07, 6.45) is 1.44. The molecule has 0 aliphatic rings. The van der Waals surface area contributed by atoms with Crippen molar-refractivity contribution in [3.63, 3.8) is 0 Å². The molecule has 9 heteroatoms. The minimum Gasteiger partial charge on any atom is -0.497 e. The summed E-state index contributed by atoms with van der Waals surface area (Å²) < 4.78 is 8.37. The Morgan fingerprint density at radius 2 is 2.17 bits per heavy atom. The lowest BCUT2D eigenvalue weighted by atomic mass is 10.3. The monoisotopic (exact) mass is 442 g/mol. The van der Waals surface area contributed by atoms with Crippen LogP contribution < -0.4 is 16.2 Å². The van der Waals surface area contributed by atoms with Gasteiger partial charge in [0.15, 0.2) is 22.1 Å². The number of aromatic nitrogens is 4. The van der Waals surface area contributed by atoms with Crippen LogP contribution in [0, 0.1) is 3.57 Å². The van der Waals surface area contributed by atoms with E-state index in [2.05, 4.69) is 37.5 Å². The van der Waals surface area contributed by atoms with Crippen molar-refractivity contribution in [3.05, 3.63) is 28.1 Å². The highest BCUT2D eigenvalue weighted by atomic mass is 127. The standard InChI is InChI=1S/C14H15IN6OS/c1-22-8-2-3-9(15)10(6-8)23-14-20-11-12(17)18-7-19-13(11)21(14)5-4-16/h2-3,6-7H,4-5,16H2,1H3,(H2,17,18,19). The molecular formula is C14H15IN6OS. The van der Waals surface area contributed by atoms with Gasteiger partial charge >= 0.3 is 0 Å². The highest BCUT2D eigenvalue weighted by molar-refractivity contribution is 14.1. The third-order valence-corrected chi connectivity index (χ3v) is 5.58. The highest BCUT2D eigenvalue weighted by Gasteiger charge is 2.16. The van der Waals surface area contributed by atoms with Crippen molar-refractivity contribution in [1.82, 2.24) is 19.5 Å². The summed E-state index contributed by atoms with van der Waals surface area (Å²) >= 11 is 3.82. The fourth-order valence-electron chi connectivity index (χ4n) is 2.13. The van der Waals surface area contributed by atoms with Gasteiger partial charge in [-0.2, -0.15) is 0 Å². The van der Waals surface area contributed by atoms with Crippen molar-refractivity contribution in [1.29, 1.82) is 0 Å².